The van der Waals surface area contributed by atoms with E-state index in [1.807, 2.05) is 4.90 Å². The summed E-state index contributed by atoms with van der Waals surface area (Å²) in [5, 5.41) is 2.83. The fourth-order valence-corrected chi connectivity index (χ4v) is 4.09. The molecule has 3 rings (SSSR count). The summed E-state index contributed by atoms with van der Waals surface area (Å²) < 4.78 is 5.10. The Kier molecular flexibility index (Phi) is 8.16. The lowest BCUT2D eigenvalue weighted by atomic mass is 10.1. The van der Waals surface area contributed by atoms with Crippen molar-refractivity contribution in [3.63, 3.8) is 0 Å². The summed E-state index contributed by atoms with van der Waals surface area (Å²) in [5.74, 6) is 1.32. The van der Waals surface area contributed by atoms with Crippen LogP contribution in [0.15, 0.2) is 48.5 Å². The minimum atomic E-state index is -0.110. The number of rotatable bonds is 8. The predicted molar refractivity (Wildman–Crippen MR) is 122 cm³/mol. The second-order valence-electron chi connectivity index (χ2n) is 7.35. The number of benzene rings is 2. The number of piperazine rings is 1. The van der Waals surface area contributed by atoms with Gasteiger partial charge in [0.2, 0.25) is 11.8 Å². The number of amides is 2. The van der Waals surface area contributed by atoms with E-state index in [2.05, 4.69) is 41.4 Å². The highest BCUT2D eigenvalue weighted by Crippen LogP contribution is 2.16. The molecule has 0 atom stereocenters. The molecule has 1 heterocycles. The van der Waals surface area contributed by atoms with E-state index in [9.17, 15) is 9.59 Å². The molecule has 1 N–H and O–H groups in total. The Labute approximate surface area is 182 Å². The Bertz CT molecular complexity index is 849. The van der Waals surface area contributed by atoms with E-state index >= 15 is 0 Å². The molecule has 7 heteroatoms. The molecule has 2 aromatic rings. The van der Waals surface area contributed by atoms with Gasteiger partial charge in [-0.2, -0.15) is 0 Å². The van der Waals surface area contributed by atoms with Gasteiger partial charge in [-0.15, -0.1) is 11.8 Å². The Balaban J connectivity index is 1.34. The number of aryl methyl sites for hydroxylation is 1. The number of methoxy groups -OCH3 is 1. The van der Waals surface area contributed by atoms with Crippen LogP contribution in [0.3, 0.4) is 0 Å². The maximum absolute atomic E-state index is 12.5. The van der Waals surface area contributed by atoms with Crippen LogP contribution in [0.4, 0.5) is 5.69 Å². The number of ether oxygens (including phenoxy) is 1. The second kappa shape index (κ2) is 11.0. The van der Waals surface area contributed by atoms with Crippen molar-refractivity contribution >= 4 is 29.3 Å². The molecule has 1 fully saturated rings. The fourth-order valence-electron chi connectivity index (χ4n) is 3.38. The van der Waals surface area contributed by atoms with E-state index in [-0.39, 0.29) is 17.6 Å². The molecule has 30 heavy (non-hydrogen) atoms. The molecule has 0 saturated carbocycles. The molecule has 6 nitrogen and oxygen atoms in total. The zero-order valence-corrected chi connectivity index (χ0v) is 18.4. The molecule has 0 aliphatic carbocycles. The summed E-state index contributed by atoms with van der Waals surface area (Å²) in [6, 6.07) is 15.6. The molecule has 160 valence electrons. The molecule has 0 unspecified atom stereocenters. The van der Waals surface area contributed by atoms with Crippen molar-refractivity contribution in [3.8, 4) is 5.75 Å². The van der Waals surface area contributed by atoms with E-state index in [1.54, 1.807) is 31.4 Å². The van der Waals surface area contributed by atoms with Crippen LogP contribution in [-0.2, 0) is 16.1 Å². The maximum atomic E-state index is 12.5. The zero-order chi connectivity index (χ0) is 21.3. The average molecular weight is 428 g/mol. The van der Waals surface area contributed by atoms with Crippen LogP contribution in [-0.4, -0.2) is 66.4 Å². The highest BCUT2D eigenvalue weighted by Gasteiger charge is 2.21. The van der Waals surface area contributed by atoms with Crippen LogP contribution in [0, 0.1) is 6.92 Å². The van der Waals surface area contributed by atoms with E-state index < -0.39 is 0 Å². The van der Waals surface area contributed by atoms with Gasteiger partial charge in [-0.1, -0.05) is 24.3 Å². The van der Waals surface area contributed by atoms with Crippen molar-refractivity contribution in [2.24, 2.45) is 0 Å². The number of nitrogens with zero attached hydrogens (tertiary/aromatic N) is 2. The molecule has 0 bridgehead atoms. The molecule has 0 aromatic heterocycles. The minimum Gasteiger partial charge on any atom is -0.497 e. The van der Waals surface area contributed by atoms with Gasteiger partial charge in [-0.25, -0.2) is 0 Å². The summed E-state index contributed by atoms with van der Waals surface area (Å²) in [5.41, 5.74) is 3.37. The van der Waals surface area contributed by atoms with Gasteiger partial charge in [0, 0.05) is 38.4 Å². The first-order valence-corrected chi connectivity index (χ1v) is 11.3. The SMILES string of the molecule is COc1ccc(NC(=O)CSCC(=O)N2CCN(Cc3ccccc3C)CC2)cc1. The molecule has 2 aromatic carbocycles. The van der Waals surface area contributed by atoms with Crippen LogP contribution >= 0.6 is 11.8 Å². The smallest absolute Gasteiger partial charge is 0.234 e. The number of nitrogens with one attached hydrogen (secondary N) is 1. The average Bonchev–Trinajstić information content (AvgIpc) is 2.76. The van der Waals surface area contributed by atoms with Crippen molar-refractivity contribution in [3.05, 3.63) is 59.7 Å². The minimum absolute atomic E-state index is 0.104. The van der Waals surface area contributed by atoms with E-state index in [0.717, 1.165) is 44.2 Å². The number of carbonyl (C=O) groups is 2. The number of hydrogen-bond donors (Lipinski definition) is 1. The lowest BCUT2D eigenvalue weighted by Crippen LogP contribution is -2.48. The number of carbonyl (C=O) groups excluding carboxylic acids is 2. The summed E-state index contributed by atoms with van der Waals surface area (Å²) in [6.07, 6.45) is 0. The quantitative estimate of drug-likeness (QED) is 0.702. The summed E-state index contributed by atoms with van der Waals surface area (Å²) in [4.78, 5) is 28.8. The molecule has 2 amide bonds. The van der Waals surface area contributed by atoms with Crippen LogP contribution in [0.1, 0.15) is 11.1 Å². The first-order chi connectivity index (χ1) is 14.5. The lowest BCUT2D eigenvalue weighted by molar-refractivity contribution is -0.130. The second-order valence-corrected chi connectivity index (χ2v) is 8.34. The number of thioether (sulfide) groups is 1. The van der Waals surface area contributed by atoms with E-state index in [1.165, 1.54) is 22.9 Å². The van der Waals surface area contributed by atoms with Crippen molar-refractivity contribution in [1.29, 1.82) is 0 Å². The Morgan fingerprint density at radius 2 is 1.70 bits per heavy atom. The van der Waals surface area contributed by atoms with E-state index in [4.69, 9.17) is 4.74 Å². The molecule has 1 saturated heterocycles. The zero-order valence-electron chi connectivity index (χ0n) is 17.6. The van der Waals surface area contributed by atoms with Crippen LogP contribution in [0.2, 0.25) is 0 Å². The fraction of sp³-hybridized carbons (Fsp3) is 0.391. The first kappa shape index (κ1) is 22.2. The van der Waals surface area contributed by atoms with Gasteiger partial charge in [0.05, 0.1) is 18.6 Å². The standard InChI is InChI=1S/C23H29N3O3S/c1-18-5-3-4-6-19(18)15-25-11-13-26(14-12-25)23(28)17-30-16-22(27)24-20-7-9-21(29-2)10-8-20/h3-10H,11-17H2,1-2H3,(H,24,27). The van der Waals surface area contributed by atoms with Crippen LogP contribution < -0.4 is 10.1 Å². The van der Waals surface area contributed by atoms with Crippen molar-refractivity contribution in [2.45, 2.75) is 13.5 Å². The molecule has 1 aliphatic rings. The van der Waals surface area contributed by atoms with Crippen LogP contribution in [0.25, 0.3) is 0 Å². The number of hydrogen-bond acceptors (Lipinski definition) is 5. The molecular weight excluding hydrogens is 398 g/mol. The highest BCUT2D eigenvalue weighted by atomic mass is 32.2. The third kappa shape index (κ3) is 6.50. The van der Waals surface area contributed by atoms with Crippen molar-refractivity contribution < 1.29 is 14.3 Å². The summed E-state index contributed by atoms with van der Waals surface area (Å²) >= 11 is 1.35. The highest BCUT2D eigenvalue weighted by molar-refractivity contribution is 8.00. The molecule has 0 radical (unpaired) electrons. The topological polar surface area (TPSA) is 61.9 Å². The first-order valence-electron chi connectivity index (χ1n) is 10.1. The molecular formula is C23H29N3O3S. The Morgan fingerprint density at radius 1 is 1.00 bits per heavy atom. The van der Waals surface area contributed by atoms with Gasteiger partial charge >= 0.3 is 0 Å². The Hall–Kier alpha value is -2.51. The third-order valence-corrected chi connectivity index (χ3v) is 6.13. The van der Waals surface area contributed by atoms with E-state index in [0.29, 0.717) is 5.75 Å². The third-order valence-electron chi connectivity index (χ3n) is 5.21. The Morgan fingerprint density at radius 3 is 2.37 bits per heavy atom. The van der Waals surface area contributed by atoms with Crippen molar-refractivity contribution in [2.75, 3.05) is 50.1 Å². The lowest BCUT2D eigenvalue weighted by Gasteiger charge is -2.35. The van der Waals surface area contributed by atoms with Gasteiger partial charge in [0.25, 0.3) is 0 Å². The van der Waals surface area contributed by atoms with Gasteiger partial charge < -0.3 is 15.0 Å². The van der Waals surface area contributed by atoms with Crippen molar-refractivity contribution in [1.82, 2.24) is 9.80 Å². The molecule has 0 spiro atoms. The summed E-state index contributed by atoms with van der Waals surface area (Å²) in [6.45, 7) is 6.30. The van der Waals surface area contributed by atoms with Gasteiger partial charge in [-0.3, -0.25) is 14.5 Å². The normalized spacial score (nSPS) is 14.4. The predicted octanol–water partition coefficient (Wildman–Crippen LogP) is 3.02. The van der Waals surface area contributed by atoms with Gasteiger partial charge in [-0.05, 0) is 42.3 Å². The summed E-state index contributed by atoms with van der Waals surface area (Å²) in [7, 11) is 1.60. The monoisotopic (exact) mass is 427 g/mol. The molecule has 1 aliphatic heterocycles. The largest absolute Gasteiger partial charge is 0.497 e. The van der Waals surface area contributed by atoms with Crippen LogP contribution in [0.5, 0.6) is 5.75 Å². The van der Waals surface area contributed by atoms with Gasteiger partial charge in [0.1, 0.15) is 5.75 Å². The van der Waals surface area contributed by atoms with Gasteiger partial charge in [0.15, 0.2) is 0 Å². The maximum Gasteiger partial charge on any atom is 0.234 e. The number of anilines is 1.